The van der Waals surface area contributed by atoms with E-state index in [0.29, 0.717) is 0 Å². The van der Waals surface area contributed by atoms with Crippen molar-refractivity contribution in [3.63, 3.8) is 0 Å². The van der Waals surface area contributed by atoms with E-state index in [4.69, 9.17) is 5.11 Å². The Morgan fingerprint density at radius 3 is 2.31 bits per heavy atom. The Kier molecular flexibility index (Phi) is 5.12. The molecule has 16 heavy (non-hydrogen) atoms. The molecule has 0 radical (unpaired) electrons. The number of rotatable bonds is 5. The summed E-state index contributed by atoms with van der Waals surface area (Å²) >= 11 is 0. The van der Waals surface area contributed by atoms with E-state index in [1.54, 1.807) is 6.26 Å². The van der Waals surface area contributed by atoms with Gasteiger partial charge >= 0.3 is 0 Å². The summed E-state index contributed by atoms with van der Waals surface area (Å²) in [6.45, 7) is 4.11. The summed E-state index contributed by atoms with van der Waals surface area (Å²) in [5.74, 6) is 0. The van der Waals surface area contributed by atoms with Crippen LogP contribution in [-0.4, -0.2) is 28.2 Å². The van der Waals surface area contributed by atoms with Crippen LogP contribution in [0.1, 0.15) is 25.5 Å². The zero-order valence-electron chi connectivity index (χ0n) is 9.93. The quantitative estimate of drug-likeness (QED) is 0.820. The molecule has 0 aliphatic rings. The van der Waals surface area contributed by atoms with Crippen molar-refractivity contribution in [2.24, 2.45) is 0 Å². The minimum atomic E-state index is -0.923. The van der Waals surface area contributed by atoms with Crippen molar-refractivity contribution in [2.75, 3.05) is 12.9 Å². The summed E-state index contributed by atoms with van der Waals surface area (Å²) in [7, 11) is -0.923. The molecule has 2 N–H and O–H groups in total. The fourth-order valence-corrected chi connectivity index (χ4v) is 2.04. The van der Waals surface area contributed by atoms with Gasteiger partial charge in [0.2, 0.25) is 0 Å². The maximum absolute atomic E-state index is 11.2. The third-order valence-corrected chi connectivity index (χ3v) is 3.46. The zero-order valence-corrected chi connectivity index (χ0v) is 10.8. The van der Waals surface area contributed by atoms with E-state index in [9.17, 15) is 4.21 Å². The van der Waals surface area contributed by atoms with E-state index in [1.165, 1.54) is 0 Å². The number of hydrogen-bond acceptors (Lipinski definition) is 3. The summed E-state index contributed by atoms with van der Waals surface area (Å²) in [6.07, 6.45) is 1.67. The maximum Gasteiger partial charge on any atom is 0.0582 e. The second-order valence-electron chi connectivity index (χ2n) is 4.00. The van der Waals surface area contributed by atoms with Crippen LogP contribution in [0.15, 0.2) is 29.2 Å². The molecular formula is C12H19NO2S. The molecule has 0 amide bonds. The number of nitrogens with one attached hydrogen (secondary N) is 1. The van der Waals surface area contributed by atoms with Crippen molar-refractivity contribution in [3.05, 3.63) is 29.8 Å². The van der Waals surface area contributed by atoms with Gasteiger partial charge in [-0.1, -0.05) is 12.1 Å². The average Bonchev–Trinajstić information content (AvgIpc) is 2.28. The van der Waals surface area contributed by atoms with Gasteiger partial charge in [-0.15, -0.1) is 0 Å². The number of hydrogen-bond donors (Lipinski definition) is 2. The molecule has 0 aliphatic heterocycles. The van der Waals surface area contributed by atoms with Crippen LogP contribution in [0.25, 0.3) is 0 Å². The van der Waals surface area contributed by atoms with Crippen molar-refractivity contribution in [1.82, 2.24) is 5.32 Å². The Morgan fingerprint density at radius 2 is 1.88 bits per heavy atom. The van der Waals surface area contributed by atoms with Crippen molar-refractivity contribution >= 4 is 10.8 Å². The molecule has 3 nitrogen and oxygen atoms in total. The molecule has 90 valence electrons. The molecule has 1 rings (SSSR count). The Morgan fingerprint density at radius 1 is 1.31 bits per heavy atom. The highest BCUT2D eigenvalue weighted by atomic mass is 32.2. The predicted molar refractivity (Wildman–Crippen MR) is 66.9 cm³/mol. The molecule has 0 aliphatic carbocycles. The van der Waals surface area contributed by atoms with E-state index in [2.05, 4.69) is 5.32 Å². The van der Waals surface area contributed by atoms with E-state index >= 15 is 0 Å². The summed E-state index contributed by atoms with van der Waals surface area (Å²) in [4.78, 5) is 0.839. The highest BCUT2D eigenvalue weighted by molar-refractivity contribution is 7.84. The first-order chi connectivity index (χ1) is 7.54. The first-order valence-corrected chi connectivity index (χ1v) is 6.90. The van der Waals surface area contributed by atoms with Crippen LogP contribution in [0.2, 0.25) is 0 Å². The van der Waals surface area contributed by atoms with Crippen LogP contribution < -0.4 is 5.32 Å². The topological polar surface area (TPSA) is 49.3 Å². The van der Waals surface area contributed by atoms with E-state index in [0.717, 1.165) is 10.5 Å². The fourth-order valence-electron chi connectivity index (χ4n) is 1.52. The molecule has 0 fully saturated rings. The van der Waals surface area contributed by atoms with Gasteiger partial charge in [0.05, 0.1) is 6.61 Å². The van der Waals surface area contributed by atoms with Crippen LogP contribution in [0.3, 0.4) is 0 Å². The van der Waals surface area contributed by atoms with Crippen LogP contribution in [-0.2, 0) is 10.8 Å². The molecule has 1 aromatic rings. The van der Waals surface area contributed by atoms with Gasteiger partial charge < -0.3 is 10.4 Å². The molecule has 2 unspecified atom stereocenters. The normalized spacial score (nSPS) is 16.8. The van der Waals surface area contributed by atoms with Gasteiger partial charge in [-0.05, 0) is 31.5 Å². The number of aliphatic hydroxyl groups is 1. The van der Waals surface area contributed by atoms with Crippen molar-refractivity contribution in [3.8, 4) is 0 Å². The van der Waals surface area contributed by atoms with E-state index in [-0.39, 0.29) is 18.7 Å². The summed E-state index contributed by atoms with van der Waals surface area (Å²) in [5.41, 5.74) is 1.13. The summed E-state index contributed by atoms with van der Waals surface area (Å²) in [6, 6.07) is 7.97. The average molecular weight is 241 g/mol. The Bertz CT molecular complexity index is 351. The predicted octanol–water partition coefficient (Wildman–Crippen LogP) is 1.46. The largest absolute Gasteiger partial charge is 0.395 e. The molecular weight excluding hydrogens is 222 g/mol. The smallest absolute Gasteiger partial charge is 0.0582 e. The monoisotopic (exact) mass is 241 g/mol. The minimum absolute atomic E-state index is 0.0787. The van der Waals surface area contributed by atoms with Gasteiger partial charge in [-0.2, -0.15) is 0 Å². The van der Waals surface area contributed by atoms with Gasteiger partial charge in [0, 0.05) is 34.0 Å². The van der Waals surface area contributed by atoms with Gasteiger partial charge in [-0.25, -0.2) is 0 Å². The highest BCUT2D eigenvalue weighted by Gasteiger charge is 2.08. The third kappa shape index (κ3) is 3.70. The van der Waals surface area contributed by atoms with Gasteiger partial charge in [-0.3, -0.25) is 4.21 Å². The molecule has 0 saturated carbocycles. The third-order valence-electron chi connectivity index (χ3n) is 2.52. The summed E-state index contributed by atoms with van der Waals surface area (Å²) in [5, 5.41) is 12.2. The second-order valence-corrected chi connectivity index (χ2v) is 5.37. The standard InChI is InChI=1S/C12H19NO2S/c1-9(8-14)13-10(2)11-4-6-12(7-5-11)16(3)15/h4-7,9-10,13-14H,8H2,1-3H3/t9-,10?,16?/m1/s1. The van der Waals surface area contributed by atoms with Crippen LogP contribution in [0.5, 0.6) is 0 Å². The molecule has 0 bridgehead atoms. The van der Waals surface area contributed by atoms with Crippen molar-refractivity contribution in [2.45, 2.75) is 30.8 Å². The lowest BCUT2D eigenvalue weighted by Gasteiger charge is -2.18. The maximum atomic E-state index is 11.2. The van der Waals surface area contributed by atoms with Crippen LogP contribution >= 0.6 is 0 Å². The Labute approximate surface area is 99.3 Å². The van der Waals surface area contributed by atoms with E-state index < -0.39 is 10.8 Å². The molecule has 1 aromatic carbocycles. The van der Waals surface area contributed by atoms with E-state index in [1.807, 2.05) is 38.1 Å². The molecule has 3 atom stereocenters. The van der Waals surface area contributed by atoms with Gasteiger partial charge in [0.25, 0.3) is 0 Å². The lowest BCUT2D eigenvalue weighted by Crippen LogP contribution is -2.31. The highest BCUT2D eigenvalue weighted by Crippen LogP contribution is 2.15. The molecule has 0 aromatic heterocycles. The second kappa shape index (κ2) is 6.13. The first kappa shape index (κ1) is 13.4. The fraction of sp³-hybridized carbons (Fsp3) is 0.500. The van der Waals surface area contributed by atoms with Gasteiger partial charge in [0.15, 0.2) is 0 Å². The molecule has 0 spiro atoms. The zero-order chi connectivity index (χ0) is 12.1. The molecule has 4 heteroatoms. The molecule has 0 saturated heterocycles. The summed E-state index contributed by atoms with van der Waals surface area (Å²) < 4.78 is 11.2. The van der Waals surface area contributed by atoms with Gasteiger partial charge in [0.1, 0.15) is 0 Å². The minimum Gasteiger partial charge on any atom is -0.395 e. The van der Waals surface area contributed by atoms with Crippen LogP contribution in [0, 0.1) is 0 Å². The number of aliphatic hydroxyl groups excluding tert-OH is 1. The van der Waals surface area contributed by atoms with Crippen LogP contribution in [0.4, 0.5) is 0 Å². The number of benzene rings is 1. The molecule has 0 heterocycles. The SMILES string of the molecule is CC(N[C@H](C)CO)c1ccc(S(C)=O)cc1. The Balaban J connectivity index is 2.70. The van der Waals surface area contributed by atoms with Crippen molar-refractivity contribution < 1.29 is 9.32 Å². The lowest BCUT2D eigenvalue weighted by atomic mass is 10.1. The first-order valence-electron chi connectivity index (χ1n) is 5.35. The Hall–Kier alpha value is -0.710. The van der Waals surface area contributed by atoms with Crippen molar-refractivity contribution in [1.29, 1.82) is 0 Å². The lowest BCUT2D eigenvalue weighted by molar-refractivity contribution is 0.243.